The maximum atomic E-state index is 12.2. The fourth-order valence-corrected chi connectivity index (χ4v) is 2.14. The minimum absolute atomic E-state index is 0.341. The summed E-state index contributed by atoms with van der Waals surface area (Å²) in [7, 11) is 0. The first-order valence-corrected chi connectivity index (χ1v) is 7.46. The molecule has 0 aliphatic heterocycles. The van der Waals surface area contributed by atoms with Crippen LogP contribution in [0.15, 0.2) is 42.5 Å². The van der Waals surface area contributed by atoms with Crippen molar-refractivity contribution in [3.63, 3.8) is 0 Å². The summed E-state index contributed by atoms with van der Waals surface area (Å²) in [5.74, 6) is -0.844. The molecule has 0 heterocycles. The fourth-order valence-electron chi connectivity index (χ4n) is 2.14. The van der Waals surface area contributed by atoms with Gasteiger partial charge >= 0.3 is 11.9 Å². The molecular formula is C18H20O4. The number of benzene rings is 1. The van der Waals surface area contributed by atoms with E-state index in [9.17, 15) is 9.59 Å². The second-order valence-electron chi connectivity index (χ2n) is 5.11. The van der Waals surface area contributed by atoms with Crippen molar-refractivity contribution in [2.24, 2.45) is 0 Å². The molecule has 4 heteroatoms. The van der Waals surface area contributed by atoms with Gasteiger partial charge in [0.25, 0.3) is 0 Å². The maximum Gasteiger partial charge on any atom is 0.339 e. The van der Waals surface area contributed by atoms with Crippen LogP contribution in [0.1, 0.15) is 46.0 Å². The number of rotatable bonds is 6. The minimum atomic E-state index is -0.443. The molecule has 2 rings (SSSR count). The first-order valence-electron chi connectivity index (χ1n) is 7.46. The standard InChI is InChI=1S/C18H20O4/c1-3-4-12-21-17(19)15-10-7-11-16(13(15)2)18(20)22-14-8-5-6-9-14/h5-11,14H,3-4,12H2,1-2H3. The highest BCUT2D eigenvalue weighted by Crippen LogP contribution is 2.18. The molecule has 1 aliphatic rings. The summed E-state index contributed by atoms with van der Waals surface area (Å²) >= 11 is 0. The van der Waals surface area contributed by atoms with Crippen molar-refractivity contribution in [1.29, 1.82) is 0 Å². The molecule has 116 valence electrons. The zero-order chi connectivity index (χ0) is 15.9. The first-order chi connectivity index (χ1) is 10.6. The lowest BCUT2D eigenvalue weighted by Gasteiger charge is -2.12. The second-order valence-corrected chi connectivity index (χ2v) is 5.11. The summed E-state index contributed by atoms with van der Waals surface area (Å²) in [6.45, 7) is 4.15. The summed E-state index contributed by atoms with van der Waals surface area (Å²) < 4.78 is 10.6. The molecule has 0 N–H and O–H groups in total. The number of hydrogen-bond acceptors (Lipinski definition) is 4. The molecule has 0 amide bonds. The third-order valence-electron chi connectivity index (χ3n) is 3.46. The van der Waals surface area contributed by atoms with Gasteiger partial charge in [-0.2, -0.15) is 0 Å². The van der Waals surface area contributed by atoms with Gasteiger partial charge in [0.1, 0.15) is 6.10 Å². The van der Waals surface area contributed by atoms with Gasteiger partial charge in [0.05, 0.1) is 17.7 Å². The van der Waals surface area contributed by atoms with Gasteiger partial charge in [-0.25, -0.2) is 9.59 Å². The Morgan fingerprint density at radius 1 is 1.09 bits per heavy atom. The lowest BCUT2D eigenvalue weighted by molar-refractivity contribution is 0.0465. The minimum Gasteiger partial charge on any atom is -0.462 e. The van der Waals surface area contributed by atoms with E-state index in [0.717, 1.165) is 12.8 Å². The first kappa shape index (κ1) is 16.0. The SMILES string of the molecule is CCCCOC(=O)c1cccc(C(=O)OC2C=CC=C2)c1C. The van der Waals surface area contributed by atoms with E-state index in [-0.39, 0.29) is 6.10 Å². The van der Waals surface area contributed by atoms with Gasteiger partial charge in [-0.1, -0.05) is 31.6 Å². The Morgan fingerprint density at radius 3 is 2.36 bits per heavy atom. The highest BCUT2D eigenvalue weighted by atomic mass is 16.5. The molecule has 1 aromatic rings. The van der Waals surface area contributed by atoms with Crippen LogP contribution in [0.4, 0.5) is 0 Å². The topological polar surface area (TPSA) is 52.6 Å². The molecule has 1 aliphatic carbocycles. The van der Waals surface area contributed by atoms with Gasteiger partial charge in [0.2, 0.25) is 0 Å². The largest absolute Gasteiger partial charge is 0.462 e. The van der Waals surface area contributed by atoms with Crippen LogP contribution in [0.2, 0.25) is 0 Å². The number of esters is 2. The third kappa shape index (κ3) is 3.85. The zero-order valence-corrected chi connectivity index (χ0v) is 12.9. The van der Waals surface area contributed by atoms with Crippen LogP contribution in [0.3, 0.4) is 0 Å². The molecule has 0 aromatic heterocycles. The van der Waals surface area contributed by atoms with E-state index in [1.54, 1.807) is 37.3 Å². The molecule has 0 saturated carbocycles. The van der Waals surface area contributed by atoms with E-state index >= 15 is 0 Å². The fraction of sp³-hybridized carbons (Fsp3) is 0.333. The molecule has 0 spiro atoms. The molecular weight excluding hydrogens is 280 g/mol. The Labute approximate surface area is 130 Å². The molecule has 0 fully saturated rings. The number of unbranched alkanes of at least 4 members (excludes halogenated alkanes) is 1. The van der Waals surface area contributed by atoms with Crippen molar-refractivity contribution in [2.75, 3.05) is 6.61 Å². The van der Waals surface area contributed by atoms with Crippen molar-refractivity contribution in [3.8, 4) is 0 Å². The Morgan fingerprint density at radius 2 is 1.73 bits per heavy atom. The number of carbonyl (C=O) groups is 2. The Hall–Kier alpha value is -2.36. The van der Waals surface area contributed by atoms with Gasteiger partial charge in [-0.3, -0.25) is 0 Å². The molecule has 0 bridgehead atoms. The molecule has 0 unspecified atom stereocenters. The van der Waals surface area contributed by atoms with Crippen molar-refractivity contribution >= 4 is 11.9 Å². The molecule has 0 saturated heterocycles. The van der Waals surface area contributed by atoms with E-state index in [1.165, 1.54) is 0 Å². The third-order valence-corrected chi connectivity index (χ3v) is 3.46. The van der Waals surface area contributed by atoms with Crippen LogP contribution >= 0.6 is 0 Å². The molecule has 0 radical (unpaired) electrons. The van der Waals surface area contributed by atoms with Crippen LogP contribution in [0.5, 0.6) is 0 Å². The predicted molar refractivity (Wildman–Crippen MR) is 83.9 cm³/mol. The average Bonchev–Trinajstić information content (AvgIpc) is 3.00. The average molecular weight is 300 g/mol. The van der Waals surface area contributed by atoms with Gasteiger partial charge in [-0.05, 0) is 43.2 Å². The highest BCUT2D eigenvalue weighted by molar-refractivity contribution is 5.98. The number of ether oxygens (including phenoxy) is 2. The summed E-state index contributed by atoms with van der Waals surface area (Å²) in [5, 5.41) is 0. The van der Waals surface area contributed by atoms with Crippen LogP contribution in [-0.2, 0) is 9.47 Å². The van der Waals surface area contributed by atoms with E-state index in [0.29, 0.717) is 23.3 Å². The summed E-state index contributed by atoms with van der Waals surface area (Å²) in [4.78, 5) is 24.3. The number of carbonyl (C=O) groups excluding carboxylic acids is 2. The lowest BCUT2D eigenvalue weighted by Crippen LogP contribution is -2.16. The molecule has 22 heavy (non-hydrogen) atoms. The molecule has 0 atom stereocenters. The number of hydrogen-bond donors (Lipinski definition) is 0. The molecule has 4 nitrogen and oxygen atoms in total. The van der Waals surface area contributed by atoms with E-state index < -0.39 is 11.9 Å². The van der Waals surface area contributed by atoms with Crippen LogP contribution in [-0.4, -0.2) is 24.6 Å². The maximum absolute atomic E-state index is 12.2. The Kier molecular flexibility index (Phi) is 5.53. The number of allylic oxidation sites excluding steroid dienone is 2. The summed E-state index contributed by atoms with van der Waals surface area (Å²) in [6.07, 6.45) is 8.67. The van der Waals surface area contributed by atoms with Crippen LogP contribution in [0, 0.1) is 6.92 Å². The van der Waals surface area contributed by atoms with E-state index in [2.05, 4.69) is 0 Å². The summed E-state index contributed by atoms with van der Waals surface area (Å²) in [5.41, 5.74) is 1.38. The highest BCUT2D eigenvalue weighted by Gasteiger charge is 2.19. The van der Waals surface area contributed by atoms with Crippen molar-refractivity contribution in [1.82, 2.24) is 0 Å². The monoisotopic (exact) mass is 300 g/mol. The Bertz CT molecular complexity index is 602. The van der Waals surface area contributed by atoms with Crippen LogP contribution < -0.4 is 0 Å². The van der Waals surface area contributed by atoms with E-state index in [4.69, 9.17) is 9.47 Å². The lowest BCUT2D eigenvalue weighted by atomic mass is 10.0. The van der Waals surface area contributed by atoms with Crippen molar-refractivity contribution < 1.29 is 19.1 Å². The normalized spacial score (nSPS) is 13.4. The van der Waals surface area contributed by atoms with Crippen molar-refractivity contribution in [2.45, 2.75) is 32.8 Å². The second kappa shape index (κ2) is 7.59. The quantitative estimate of drug-likeness (QED) is 0.595. The summed E-state index contributed by atoms with van der Waals surface area (Å²) in [6, 6.07) is 4.99. The smallest absolute Gasteiger partial charge is 0.339 e. The van der Waals surface area contributed by atoms with E-state index in [1.807, 2.05) is 19.1 Å². The van der Waals surface area contributed by atoms with Gasteiger partial charge < -0.3 is 9.47 Å². The van der Waals surface area contributed by atoms with Crippen LogP contribution in [0.25, 0.3) is 0 Å². The zero-order valence-electron chi connectivity index (χ0n) is 12.9. The van der Waals surface area contributed by atoms with Gasteiger partial charge in [0.15, 0.2) is 0 Å². The van der Waals surface area contributed by atoms with Crippen molar-refractivity contribution in [3.05, 3.63) is 59.2 Å². The predicted octanol–water partition coefficient (Wildman–Crippen LogP) is 3.60. The molecule has 1 aromatic carbocycles. The Balaban J connectivity index is 2.10. The van der Waals surface area contributed by atoms with Gasteiger partial charge in [0, 0.05) is 0 Å². The van der Waals surface area contributed by atoms with Gasteiger partial charge in [-0.15, -0.1) is 0 Å².